The molecule has 1 aromatic carbocycles. The van der Waals surface area contributed by atoms with Gasteiger partial charge in [0.15, 0.2) is 0 Å². The minimum absolute atomic E-state index is 0.0283. The predicted octanol–water partition coefficient (Wildman–Crippen LogP) is 1.76. The molecule has 0 atom stereocenters. The summed E-state index contributed by atoms with van der Waals surface area (Å²) in [4.78, 5) is 1.24. The van der Waals surface area contributed by atoms with Gasteiger partial charge >= 0.3 is 0 Å². The molecule has 0 heterocycles. The maximum atomic E-state index is 13.7. The minimum atomic E-state index is -2.56. The highest BCUT2D eigenvalue weighted by molar-refractivity contribution is 5.34. The van der Waals surface area contributed by atoms with Crippen LogP contribution in [0.2, 0.25) is 0 Å². The first kappa shape index (κ1) is 14.5. The maximum Gasteiger partial charge on any atom is 0.251 e. The van der Waals surface area contributed by atoms with Crippen LogP contribution < -0.4 is 0 Å². The average Bonchev–Trinajstić information content (AvgIpc) is 2.31. The second kappa shape index (κ2) is 6.99. The Bertz CT molecular complexity index is 432. The number of rotatable bonds is 6. The molecule has 3 nitrogen and oxygen atoms in total. The third-order valence-corrected chi connectivity index (χ3v) is 2.41. The molecule has 0 aliphatic carbocycles. The van der Waals surface area contributed by atoms with Gasteiger partial charge in [-0.05, 0) is 6.07 Å². The zero-order valence-electron chi connectivity index (χ0n) is 9.61. The van der Waals surface area contributed by atoms with Crippen molar-refractivity contribution in [3.8, 4) is 6.07 Å². The van der Waals surface area contributed by atoms with Gasteiger partial charge in [0.25, 0.3) is 6.43 Å². The van der Waals surface area contributed by atoms with Crippen LogP contribution in [0.3, 0.4) is 0 Å². The second-order valence-electron chi connectivity index (χ2n) is 3.74. The Morgan fingerprint density at radius 1 is 1.39 bits per heavy atom. The van der Waals surface area contributed by atoms with Crippen LogP contribution in [-0.2, 0) is 6.54 Å². The molecule has 6 heteroatoms. The number of aliphatic hydroxyl groups excluding tert-OH is 1. The van der Waals surface area contributed by atoms with Crippen LogP contribution in [0.15, 0.2) is 18.2 Å². The fourth-order valence-electron chi connectivity index (χ4n) is 1.60. The Hall–Kier alpha value is -1.58. The van der Waals surface area contributed by atoms with Crippen LogP contribution in [-0.4, -0.2) is 36.1 Å². The summed E-state index contributed by atoms with van der Waals surface area (Å²) in [5.41, 5.74) is 0.0524. The molecule has 0 aliphatic heterocycles. The van der Waals surface area contributed by atoms with E-state index in [-0.39, 0.29) is 30.8 Å². The molecule has 0 spiro atoms. The third-order valence-electron chi connectivity index (χ3n) is 2.41. The zero-order chi connectivity index (χ0) is 13.5. The van der Waals surface area contributed by atoms with Crippen molar-refractivity contribution in [2.24, 2.45) is 0 Å². The summed E-state index contributed by atoms with van der Waals surface area (Å²) in [5, 5.41) is 17.4. The van der Waals surface area contributed by atoms with Crippen molar-refractivity contribution in [1.82, 2.24) is 4.90 Å². The highest BCUT2D eigenvalue weighted by atomic mass is 19.3. The van der Waals surface area contributed by atoms with Gasteiger partial charge in [-0.2, -0.15) is 5.26 Å². The van der Waals surface area contributed by atoms with Crippen molar-refractivity contribution >= 4 is 0 Å². The Kier molecular flexibility index (Phi) is 5.62. The molecule has 0 saturated carbocycles. The standard InChI is InChI=1S/C12H13F3N2O/c13-11(14)8-17(4-5-18)7-10-3-1-2-9(6-16)12(10)15/h1-3,11,18H,4-5,7-8H2. The normalized spacial score (nSPS) is 10.9. The second-order valence-corrected chi connectivity index (χ2v) is 3.74. The van der Waals surface area contributed by atoms with E-state index in [4.69, 9.17) is 10.4 Å². The number of alkyl halides is 2. The quantitative estimate of drug-likeness (QED) is 0.845. The van der Waals surface area contributed by atoms with Gasteiger partial charge in [0, 0.05) is 18.7 Å². The predicted molar refractivity (Wildman–Crippen MR) is 59.5 cm³/mol. The number of nitrogens with zero attached hydrogens (tertiary/aromatic N) is 2. The number of aliphatic hydroxyl groups is 1. The molecule has 0 radical (unpaired) electrons. The number of nitriles is 1. The number of benzene rings is 1. The fourth-order valence-corrected chi connectivity index (χ4v) is 1.60. The summed E-state index contributed by atoms with van der Waals surface area (Å²) in [6.45, 7) is -0.865. The number of hydrogen-bond acceptors (Lipinski definition) is 3. The first-order valence-electron chi connectivity index (χ1n) is 5.37. The van der Waals surface area contributed by atoms with Crippen LogP contribution in [0.5, 0.6) is 0 Å². The first-order valence-corrected chi connectivity index (χ1v) is 5.37. The van der Waals surface area contributed by atoms with E-state index in [1.807, 2.05) is 0 Å². The molecule has 0 unspecified atom stereocenters. The molecule has 1 aromatic rings. The molecule has 18 heavy (non-hydrogen) atoms. The molecule has 0 bridgehead atoms. The van der Waals surface area contributed by atoms with E-state index in [9.17, 15) is 13.2 Å². The lowest BCUT2D eigenvalue weighted by Gasteiger charge is -2.21. The van der Waals surface area contributed by atoms with Crippen LogP contribution in [0.25, 0.3) is 0 Å². The lowest BCUT2D eigenvalue weighted by atomic mass is 10.1. The summed E-state index contributed by atoms with van der Waals surface area (Å²) in [7, 11) is 0. The van der Waals surface area contributed by atoms with Gasteiger partial charge in [0.05, 0.1) is 18.7 Å². The SMILES string of the molecule is N#Cc1cccc(CN(CCO)CC(F)F)c1F. The van der Waals surface area contributed by atoms with Gasteiger partial charge in [0.2, 0.25) is 0 Å². The lowest BCUT2D eigenvalue weighted by Crippen LogP contribution is -2.31. The number of halogens is 3. The van der Waals surface area contributed by atoms with E-state index >= 15 is 0 Å². The van der Waals surface area contributed by atoms with Crippen LogP contribution >= 0.6 is 0 Å². The van der Waals surface area contributed by atoms with Crippen molar-refractivity contribution in [3.63, 3.8) is 0 Å². The highest BCUT2D eigenvalue weighted by Gasteiger charge is 2.15. The lowest BCUT2D eigenvalue weighted by molar-refractivity contribution is 0.0741. The minimum Gasteiger partial charge on any atom is -0.395 e. The smallest absolute Gasteiger partial charge is 0.251 e. The van der Waals surface area contributed by atoms with Gasteiger partial charge in [-0.1, -0.05) is 12.1 Å². The van der Waals surface area contributed by atoms with Crippen molar-refractivity contribution in [2.45, 2.75) is 13.0 Å². The largest absolute Gasteiger partial charge is 0.395 e. The molecule has 0 amide bonds. The molecule has 1 rings (SSSR count). The third kappa shape index (κ3) is 4.02. The van der Waals surface area contributed by atoms with E-state index in [0.29, 0.717) is 0 Å². The summed E-state index contributed by atoms with van der Waals surface area (Å²) in [5.74, 6) is -0.697. The van der Waals surface area contributed by atoms with E-state index in [1.165, 1.54) is 23.1 Å². The topological polar surface area (TPSA) is 47.3 Å². The van der Waals surface area contributed by atoms with Gasteiger partial charge in [-0.3, -0.25) is 4.90 Å². The zero-order valence-corrected chi connectivity index (χ0v) is 9.61. The molecular weight excluding hydrogens is 245 g/mol. The van der Waals surface area contributed by atoms with Gasteiger partial charge < -0.3 is 5.11 Å². The molecule has 0 fully saturated rings. The summed E-state index contributed by atoms with van der Waals surface area (Å²) in [6, 6.07) is 5.95. The van der Waals surface area contributed by atoms with E-state index in [0.717, 1.165) is 0 Å². The Labute approximate surface area is 103 Å². The monoisotopic (exact) mass is 258 g/mol. The molecular formula is C12H13F3N2O. The maximum absolute atomic E-state index is 13.7. The van der Waals surface area contributed by atoms with E-state index in [1.54, 1.807) is 6.07 Å². The number of hydrogen-bond donors (Lipinski definition) is 1. The summed E-state index contributed by atoms with van der Waals surface area (Å²) < 4.78 is 38.3. The Morgan fingerprint density at radius 3 is 2.67 bits per heavy atom. The Balaban J connectivity index is 2.83. The van der Waals surface area contributed by atoms with Crippen LogP contribution in [0.4, 0.5) is 13.2 Å². The molecule has 0 aliphatic rings. The highest BCUT2D eigenvalue weighted by Crippen LogP contribution is 2.15. The summed E-state index contributed by atoms with van der Waals surface area (Å²) >= 11 is 0. The molecule has 0 saturated heterocycles. The van der Waals surface area contributed by atoms with Crippen molar-refractivity contribution < 1.29 is 18.3 Å². The van der Waals surface area contributed by atoms with Gasteiger partial charge in [-0.25, -0.2) is 13.2 Å². The van der Waals surface area contributed by atoms with Gasteiger partial charge in [0.1, 0.15) is 11.9 Å². The average molecular weight is 258 g/mol. The van der Waals surface area contributed by atoms with Crippen LogP contribution in [0.1, 0.15) is 11.1 Å². The Morgan fingerprint density at radius 2 is 2.11 bits per heavy atom. The van der Waals surface area contributed by atoms with Crippen molar-refractivity contribution in [2.75, 3.05) is 19.7 Å². The molecule has 98 valence electrons. The van der Waals surface area contributed by atoms with E-state index < -0.39 is 18.8 Å². The van der Waals surface area contributed by atoms with Crippen molar-refractivity contribution in [1.29, 1.82) is 5.26 Å². The van der Waals surface area contributed by atoms with E-state index in [2.05, 4.69) is 0 Å². The van der Waals surface area contributed by atoms with Crippen LogP contribution in [0, 0.1) is 17.1 Å². The van der Waals surface area contributed by atoms with Gasteiger partial charge in [-0.15, -0.1) is 0 Å². The summed E-state index contributed by atoms with van der Waals surface area (Å²) in [6.07, 6.45) is -2.56. The molecule has 0 aromatic heterocycles. The molecule has 1 N–H and O–H groups in total. The fraction of sp³-hybridized carbons (Fsp3) is 0.417. The van der Waals surface area contributed by atoms with Crippen molar-refractivity contribution in [3.05, 3.63) is 35.1 Å². The first-order chi connectivity index (χ1) is 8.58.